The molecular weight excluding hydrogens is 350 g/mol. The van der Waals surface area contributed by atoms with Gasteiger partial charge in [0.1, 0.15) is 5.52 Å². The lowest BCUT2D eigenvalue weighted by atomic mass is 10.1. The van der Waals surface area contributed by atoms with Gasteiger partial charge in [-0.05, 0) is 30.2 Å². The van der Waals surface area contributed by atoms with Crippen LogP contribution in [0.3, 0.4) is 0 Å². The van der Waals surface area contributed by atoms with Crippen LogP contribution in [0.5, 0.6) is 0 Å². The van der Waals surface area contributed by atoms with Crippen LogP contribution in [-0.2, 0) is 0 Å². The fourth-order valence-electron chi connectivity index (χ4n) is 3.11. The summed E-state index contributed by atoms with van der Waals surface area (Å²) in [6, 6.07) is 8.98. The Morgan fingerprint density at radius 2 is 1.85 bits per heavy atom. The van der Waals surface area contributed by atoms with Crippen LogP contribution in [-0.4, -0.2) is 33.2 Å². The Kier molecular flexibility index (Phi) is 3.76. The number of carbonyl (C=O) groups excluding carboxylic acids is 2. The number of carbonyl (C=O) groups is 2. The Morgan fingerprint density at radius 3 is 2.56 bits per heavy atom. The van der Waals surface area contributed by atoms with Gasteiger partial charge in [0.15, 0.2) is 5.58 Å². The number of non-ortho nitro benzene ring substituents is 1. The van der Waals surface area contributed by atoms with E-state index in [4.69, 9.17) is 4.42 Å². The van der Waals surface area contributed by atoms with Crippen molar-refractivity contribution in [1.29, 1.82) is 0 Å². The summed E-state index contributed by atoms with van der Waals surface area (Å²) in [5, 5.41) is 10.9. The molecule has 0 unspecified atom stereocenters. The molecule has 0 bridgehead atoms. The van der Waals surface area contributed by atoms with Crippen LogP contribution >= 0.6 is 0 Å². The maximum atomic E-state index is 12.6. The SMILES string of the molecule is CC(C)CN1C(=O)c2ccc(-c3nc4ccc([N+](=O)[O-])cc4o3)cc2C1=O. The number of hydrogen-bond acceptors (Lipinski definition) is 6. The van der Waals surface area contributed by atoms with Crippen molar-refractivity contribution in [2.45, 2.75) is 13.8 Å². The van der Waals surface area contributed by atoms with Gasteiger partial charge in [-0.1, -0.05) is 13.8 Å². The zero-order valence-electron chi connectivity index (χ0n) is 14.6. The van der Waals surface area contributed by atoms with E-state index in [1.165, 1.54) is 23.1 Å². The van der Waals surface area contributed by atoms with E-state index in [1.807, 2.05) is 13.8 Å². The summed E-state index contributed by atoms with van der Waals surface area (Å²) in [4.78, 5) is 41.0. The molecule has 2 aromatic carbocycles. The van der Waals surface area contributed by atoms with Gasteiger partial charge in [0, 0.05) is 18.2 Å². The summed E-state index contributed by atoms with van der Waals surface area (Å²) in [5.74, 6) is -0.240. The zero-order valence-corrected chi connectivity index (χ0v) is 14.6. The molecule has 136 valence electrons. The number of oxazole rings is 1. The van der Waals surface area contributed by atoms with Crippen molar-refractivity contribution in [2.24, 2.45) is 5.92 Å². The third-order valence-electron chi connectivity index (χ3n) is 4.35. The van der Waals surface area contributed by atoms with Crippen molar-refractivity contribution in [3.05, 3.63) is 57.6 Å². The Hall–Kier alpha value is -3.55. The number of hydrogen-bond donors (Lipinski definition) is 0. The molecule has 1 aliphatic heterocycles. The Labute approximate surface area is 153 Å². The maximum absolute atomic E-state index is 12.6. The summed E-state index contributed by atoms with van der Waals surface area (Å²) in [6.07, 6.45) is 0. The molecule has 0 N–H and O–H groups in total. The molecular formula is C19H15N3O5. The molecule has 2 heterocycles. The quantitative estimate of drug-likeness (QED) is 0.397. The average Bonchev–Trinajstić information content (AvgIpc) is 3.16. The van der Waals surface area contributed by atoms with Gasteiger partial charge in [-0.25, -0.2) is 4.98 Å². The van der Waals surface area contributed by atoms with Gasteiger partial charge in [-0.3, -0.25) is 24.6 Å². The number of imide groups is 1. The third kappa shape index (κ3) is 2.75. The van der Waals surface area contributed by atoms with Crippen LogP contribution < -0.4 is 0 Å². The van der Waals surface area contributed by atoms with Gasteiger partial charge in [-0.2, -0.15) is 0 Å². The minimum atomic E-state index is -0.509. The summed E-state index contributed by atoms with van der Waals surface area (Å²) >= 11 is 0. The lowest BCUT2D eigenvalue weighted by Gasteiger charge is -2.15. The van der Waals surface area contributed by atoms with Crippen molar-refractivity contribution < 1.29 is 18.9 Å². The summed E-state index contributed by atoms with van der Waals surface area (Å²) < 4.78 is 5.63. The molecule has 0 radical (unpaired) electrons. The first-order valence-corrected chi connectivity index (χ1v) is 8.40. The number of aromatic nitrogens is 1. The van der Waals surface area contributed by atoms with Gasteiger partial charge < -0.3 is 4.42 Å². The third-order valence-corrected chi connectivity index (χ3v) is 4.35. The number of fused-ring (bicyclic) bond motifs is 2. The number of amides is 2. The highest BCUT2D eigenvalue weighted by Crippen LogP contribution is 2.31. The predicted octanol–water partition coefficient (Wildman–Crippen LogP) is 3.66. The van der Waals surface area contributed by atoms with Gasteiger partial charge in [0.2, 0.25) is 5.89 Å². The Balaban J connectivity index is 1.74. The minimum absolute atomic E-state index is 0.0933. The number of nitrogens with zero attached hydrogens (tertiary/aromatic N) is 3. The fourth-order valence-corrected chi connectivity index (χ4v) is 3.11. The molecule has 1 aromatic heterocycles. The first-order chi connectivity index (χ1) is 12.8. The topological polar surface area (TPSA) is 107 Å². The van der Waals surface area contributed by atoms with Crippen LogP contribution in [0.25, 0.3) is 22.6 Å². The van der Waals surface area contributed by atoms with Crippen molar-refractivity contribution in [1.82, 2.24) is 9.88 Å². The van der Waals surface area contributed by atoms with Crippen LogP contribution in [0.1, 0.15) is 34.6 Å². The summed E-state index contributed by atoms with van der Waals surface area (Å²) in [7, 11) is 0. The smallest absolute Gasteiger partial charge is 0.273 e. The van der Waals surface area contributed by atoms with Crippen molar-refractivity contribution in [2.75, 3.05) is 6.54 Å². The van der Waals surface area contributed by atoms with E-state index in [2.05, 4.69) is 4.98 Å². The molecule has 0 saturated carbocycles. The van der Waals surface area contributed by atoms with Gasteiger partial charge >= 0.3 is 0 Å². The van der Waals surface area contributed by atoms with Gasteiger partial charge in [0.25, 0.3) is 17.5 Å². The normalized spacial score (nSPS) is 13.7. The van der Waals surface area contributed by atoms with Crippen molar-refractivity contribution in [3.8, 4) is 11.5 Å². The highest BCUT2D eigenvalue weighted by atomic mass is 16.6. The number of nitro benzene ring substituents is 1. The van der Waals surface area contributed by atoms with E-state index in [0.29, 0.717) is 28.8 Å². The molecule has 0 saturated heterocycles. The van der Waals surface area contributed by atoms with Gasteiger partial charge in [0.05, 0.1) is 22.1 Å². The molecule has 0 fully saturated rings. The Bertz CT molecular complexity index is 1120. The molecule has 8 heteroatoms. The molecule has 0 aliphatic carbocycles. The number of rotatable bonds is 4. The molecule has 4 rings (SSSR count). The van der Waals surface area contributed by atoms with Crippen LogP contribution in [0.15, 0.2) is 40.8 Å². The zero-order chi connectivity index (χ0) is 19.3. The highest BCUT2D eigenvalue weighted by Gasteiger charge is 2.36. The molecule has 27 heavy (non-hydrogen) atoms. The molecule has 2 amide bonds. The second-order valence-electron chi connectivity index (χ2n) is 6.80. The summed E-state index contributed by atoms with van der Waals surface area (Å²) in [5.41, 5.74) is 1.86. The van der Waals surface area contributed by atoms with E-state index < -0.39 is 4.92 Å². The molecule has 3 aromatic rings. The maximum Gasteiger partial charge on any atom is 0.273 e. The predicted molar refractivity (Wildman–Crippen MR) is 96.3 cm³/mol. The lowest BCUT2D eigenvalue weighted by Crippen LogP contribution is -2.33. The molecule has 8 nitrogen and oxygen atoms in total. The van der Waals surface area contributed by atoms with Crippen molar-refractivity contribution >= 4 is 28.6 Å². The molecule has 0 spiro atoms. The first-order valence-electron chi connectivity index (χ1n) is 8.40. The standard InChI is InChI=1S/C19H15N3O5/c1-10(2)9-21-18(23)13-5-3-11(7-14(13)19(21)24)17-20-15-6-4-12(22(25)26)8-16(15)27-17/h3-8,10H,9H2,1-2H3. The summed E-state index contributed by atoms with van der Waals surface area (Å²) in [6.45, 7) is 4.23. The fraction of sp³-hybridized carbons (Fsp3) is 0.211. The van der Waals surface area contributed by atoms with Crippen LogP contribution in [0, 0.1) is 16.0 Å². The monoisotopic (exact) mass is 365 g/mol. The van der Waals surface area contributed by atoms with Crippen molar-refractivity contribution in [3.63, 3.8) is 0 Å². The second-order valence-corrected chi connectivity index (χ2v) is 6.80. The minimum Gasteiger partial charge on any atom is -0.436 e. The highest BCUT2D eigenvalue weighted by molar-refractivity contribution is 6.21. The largest absolute Gasteiger partial charge is 0.436 e. The van der Waals surface area contributed by atoms with E-state index in [0.717, 1.165) is 0 Å². The number of nitro groups is 1. The second kappa shape index (κ2) is 6.01. The van der Waals surface area contributed by atoms with E-state index in [9.17, 15) is 19.7 Å². The van der Waals surface area contributed by atoms with Gasteiger partial charge in [-0.15, -0.1) is 0 Å². The molecule has 1 aliphatic rings. The van der Waals surface area contributed by atoms with Crippen LogP contribution in [0.4, 0.5) is 5.69 Å². The average molecular weight is 365 g/mol. The van der Waals surface area contributed by atoms with Crippen LogP contribution in [0.2, 0.25) is 0 Å². The van der Waals surface area contributed by atoms with E-state index >= 15 is 0 Å². The van der Waals surface area contributed by atoms with E-state index in [1.54, 1.807) is 18.2 Å². The van der Waals surface area contributed by atoms with E-state index in [-0.39, 0.29) is 34.9 Å². The first kappa shape index (κ1) is 16.9. The number of benzene rings is 2. The Morgan fingerprint density at radius 1 is 1.11 bits per heavy atom. The molecule has 0 atom stereocenters. The lowest BCUT2D eigenvalue weighted by molar-refractivity contribution is -0.384.